The normalized spacial score (nSPS) is 23.4. The lowest BCUT2D eigenvalue weighted by atomic mass is 10.0. The highest BCUT2D eigenvalue weighted by molar-refractivity contribution is 6.34. The molecule has 0 spiro atoms. The molecule has 3 atom stereocenters. The van der Waals surface area contributed by atoms with Gasteiger partial charge in [-0.2, -0.15) is 0 Å². The molecule has 20 heavy (non-hydrogen) atoms. The first-order valence-electron chi connectivity index (χ1n) is 6.23. The number of carbonyl (C=O) groups excluding carboxylic acids is 1. The van der Waals surface area contributed by atoms with Gasteiger partial charge in [0.1, 0.15) is 12.1 Å². The fraction of sp³-hybridized carbons (Fsp3) is 0.429. The predicted molar refractivity (Wildman–Crippen MR) is 76.3 cm³/mol. The molecule has 0 saturated carbocycles. The van der Waals surface area contributed by atoms with E-state index in [1.807, 2.05) is 0 Å². The zero-order valence-electron chi connectivity index (χ0n) is 11.4. The van der Waals surface area contributed by atoms with E-state index in [1.54, 1.807) is 32.9 Å². The average molecular weight is 295 g/mol. The number of anilines is 1. The van der Waals surface area contributed by atoms with E-state index in [-0.39, 0.29) is 0 Å². The standard InChI is InChI=1S/C14H15ClN2O3/c1-7-11(6-5-10(16-4)12(7)15)17-13(8(2)18)9(3)20-14(17)19/h5-6,8-9,13,18H,1-3H3/t8-,9+,13+/m1/s1. The van der Waals surface area contributed by atoms with Crippen molar-refractivity contribution in [3.8, 4) is 0 Å². The lowest BCUT2D eigenvalue weighted by molar-refractivity contribution is 0.0994. The minimum atomic E-state index is -0.741. The molecule has 1 aromatic carbocycles. The van der Waals surface area contributed by atoms with Crippen LogP contribution < -0.4 is 4.90 Å². The summed E-state index contributed by atoms with van der Waals surface area (Å²) in [4.78, 5) is 16.7. The summed E-state index contributed by atoms with van der Waals surface area (Å²) in [7, 11) is 0. The summed E-state index contributed by atoms with van der Waals surface area (Å²) in [5.74, 6) is 0. The zero-order chi connectivity index (χ0) is 15.0. The quantitative estimate of drug-likeness (QED) is 0.852. The molecule has 0 bridgehead atoms. The minimum absolute atomic E-state index is 0.314. The van der Waals surface area contributed by atoms with Crippen LogP contribution in [-0.2, 0) is 4.74 Å². The molecule has 2 rings (SSSR count). The SMILES string of the molecule is [C-]#[N+]c1ccc(N2C(=O)O[C@@H](C)[C@@H]2[C@@H](C)O)c(C)c1Cl. The van der Waals surface area contributed by atoms with Crippen LogP contribution in [0.3, 0.4) is 0 Å². The molecule has 1 aromatic rings. The van der Waals surface area contributed by atoms with E-state index in [0.717, 1.165) is 0 Å². The van der Waals surface area contributed by atoms with Crippen LogP contribution in [0.25, 0.3) is 4.85 Å². The third-order valence-corrected chi connectivity index (χ3v) is 3.95. The van der Waals surface area contributed by atoms with Gasteiger partial charge >= 0.3 is 6.09 Å². The number of benzene rings is 1. The van der Waals surface area contributed by atoms with Gasteiger partial charge in [-0.1, -0.05) is 17.7 Å². The van der Waals surface area contributed by atoms with Crippen molar-refractivity contribution in [1.82, 2.24) is 0 Å². The number of aliphatic hydroxyl groups is 1. The van der Waals surface area contributed by atoms with Crippen molar-refractivity contribution in [2.45, 2.75) is 39.0 Å². The summed E-state index contributed by atoms with van der Waals surface area (Å²) < 4.78 is 5.18. The number of carbonyl (C=O) groups is 1. The molecule has 1 saturated heterocycles. The summed E-state index contributed by atoms with van der Waals surface area (Å²) in [6.45, 7) is 12.1. The Balaban J connectivity index is 2.53. The number of amides is 1. The van der Waals surface area contributed by atoms with Crippen molar-refractivity contribution in [3.05, 3.63) is 34.1 Å². The van der Waals surface area contributed by atoms with Gasteiger partial charge in [-0.3, -0.25) is 4.90 Å². The maximum absolute atomic E-state index is 12.0. The molecular weight excluding hydrogens is 280 g/mol. The molecule has 1 heterocycles. The van der Waals surface area contributed by atoms with Crippen molar-refractivity contribution in [2.75, 3.05) is 4.90 Å². The van der Waals surface area contributed by atoms with Gasteiger partial charge in [0, 0.05) is 5.69 Å². The van der Waals surface area contributed by atoms with Crippen LogP contribution in [0.4, 0.5) is 16.2 Å². The highest BCUT2D eigenvalue weighted by Gasteiger charge is 2.43. The molecule has 1 aliphatic rings. The largest absolute Gasteiger partial charge is 0.444 e. The van der Waals surface area contributed by atoms with Gasteiger partial charge in [-0.15, -0.1) is 0 Å². The smallest absolute Gasteiger partial charge is 0.415 e. The molecule has 0 radical (unpaired) electrons. The van der Waals surface area contributed by atoms with Crippen molar-refractivity contribution in [2.24, 2.45) is 0 Å². The molecule has 0 aromatic heterocycles. The van der Waals surface area contributed by atoms with Gasteiger partial charge in [0.25, 0.3) is 0 Å². The minimum Gasteiger partial charge on any atom is -0.444 e. The Bertz CT molecular complexity index is 595. The third kappa shape index (κ3) is 2.21. The van der Waals surface area contributed by atoms with E-state index in [0.29, 0.717) is 22.0 Å². The van der Waals surface area contributed by atoms with Crippen LogP contribution in [0.5, 0.6) is 0 Å². The number of halogens is 1. The molecule has 106 valence electrons. The van der Waals surface area contributed by atoms with E-state index < -0.39 is 24.3 Å². The second-order valence-corrected chi connectivity index (χ2v) is 5.22. The fourth-order valence-electron chi connectivity index (χ4n) is 2.49. The van der Waals surface area contributed by atoms with E-state index in [4.69, 9.17) is 22.9 Å². The van der Waals surface area contributed by atoms with E-state index in [2.05, 4.69) is 4.85 Å². The fourth-order valence-corrected chi connectivity index (χ4v) is 2.69. The van der Waals surface area contributed by atoms with Crippen LogP contribution in [0.15, 0.2) is 12.1 Å². The number of rotatable bonds is 2. The van der Waals surface area contributed by atoms with Crippen LogP contribution in [0.1, 0.15) is 19.4 Å². The Morgan fingerprint density at radius 3 is 2.75 bits per heavy atom. The van der Waals surface area contributed by atoms with Gasteiger partial charge in [0.15, 0.2) is 0 Å². The highest BCUT2D eigenvalue weighted by Crippen LogP contribution is 2.38. The summed E-state index contributed by atoms with van der Waals surface area (Å²) in [6, 6.07) is 2.74. The summed E-state index contributed by atoms with van der Waals surface area (Å²) in [5.41, 5.74) is 1.52. The first-order valence-corrected chi connectivity index (χ1v) is 6.60. The summed E-state index contributed by atoms with van der Waals surface area (Å²) in [6.07, 6.45) is -1.67. The van der Waals surface area contributed by atoms with Crippen molar-refractivity contribution in [1.29, 1.82) is 0 Å². The Labute approximate surface area is 122 Å². The molecule has 0 aliphatic carbocycles. The third-order valence-electron chi connectivity index (χ3n) is 3.47. The molecule has 0 unspecified atom stereocenters. The van der Waals surface area contributed by atoms with Crippen molar-refractivity contribution < 1.29 is 14.6 Å². The maximum atomic E-state index is 12.0. The molecule has 5 nitrogen and oxygen atoms in total. The molecule has 1 N–H and O–H groups in total. The Hall–Kier alpha value is -1.77. The van der Waals surface area contributed by atoms with Crippen LogP contribution in [-0.4, -0.2) is 29.4 Å². The van der Waals surface area contributed by atoms with E-state index in [9.17, 15) is 9.90 Å². The maximum Gasteiger partial charge on any atom is 0.415 e. The second-order valence-electron chi connectivity index (χ2n) is 4.84. The van der Waals surface area contributed by atoms with Gasteiger partial charge in [-0.25, -0.2) is 9.64 Å². The first-order chi connectivity index (χ1) is 9.38. The number of hydrogen-bond acceptors (Lipinski definition) is 3. The topological polar surface area (TPSA) is 54.1 Å². The number of aliphatic hydroxyl groups excluding tert-OH is 1. The van der Waals surface area contributed by atoms with Crippen molar-refractivity contribution in [3.63, 3.8) is 0 Å². The predicted octanol–water partition coefficient (Wildman–Crippen LogP) is 3.29. The molecule has 1 amide bonds. The van der Waals surface area contributed by atoms with Gasteiger partial charge in [-0.05, 0) is 32.4 Å². The average Bonchev–Trinajstić information content (AvgIpc) is 2.67. The van der Waals surface area contributed by atoms with Gasteiger partial charge < -0.3 is 9.84 Å². The zero-order valence-corrected chi connectivity index (χ0v) is 12.2. The van der Waals surface area contributed by atoms with Gasteiger partial charge in [0.2, 0.25) is 5.69 Å². The summed E-state index contributed by atoms with van der Waals surface area (Å²) in [5, 5.41) is 10.2. The number of nitrogens with zero attached hydrogens (tertiary/aromatic N) is 2. The highest BCUT2D eigenvalue weighted by atomic mass is 35.5. The van der Waals surface area contributed by atoms with Gasteiger partial charge in [0.05, 0.1) is 17.7 Å². The molecule has 1 fully saturated rings. The first kappa shape index (κ1) is 14.6. The van der Waals surface area contributed by atoms with E-state index in [1.165, 1.54) is 4.90 Å². The van der Waals surface area contributed by atoms with Crippen LogP contribution >= 0.6 is 11.6 Å². The molecular formula is C14H15ClN2O3. The molecule has 1 aliphatic heterocycles. The molecule has 6 heteroatoms. The lowest BCUT2D eigenvalue weighted by Gasteiger charge is -2.27. The Morgan fingerprint density at radius 1 is 1.55 bits per heavy atom. The lowest BCUT2D eigenvalue weighted by Crippen LogP contribution is -2.44. The Morgan fingerprint density at radius 2 is 2.20 bits per heavy atom. The van der Waals surface area contributed by atoms with Crippen LogP contribution in [0, 0.1) is 13.5 Å². The monoisotopic (exact) mass is 294 g/mol. The van der Waals surface area contributed by atoms with Crippen molar-refractivity contribution >= 4 is 29.1 Å². The van der Waals surface area contributed by atoms with Crippen LogP contribution in [0.2, 0.25) is 5.02 Å². The Kier molecular flexibility index (Phi) is 3.89. The summed E-state index contributed by atoms with van der Waals surface area (Å²) >= 11 is 6.13. The number of ether oxygens (including phenoxy) is 1. The number of hydrogen-bond donors (Lipinski definition) is 1. The van der Waals surface area contributed by atoms with E-state index >= 15 is 0 Å². The number of cyclic esters (lactones) is 1. The second kappa shape index (κ2) is 5.31.